The van der Waals surface area contributed by atoms with Gasteiger partial charge < -0.3 is 9.47 Å². The van der Waals surface area contributed by atoms with E-state index in [1.54, 1.807) is 0 Å². The minimum atomic E-state index is -5.21. The van der Waals surface area contributed by atoms with E-state index in [-0.39, 0.29) is 6.07 Å². The fourth-order valence-electron chi connectivity index (χ4n) is 1.17. The first-order valence-electron chi connectivity index (χ1n) is 4.55. The third-order valence-corrected chi connectivity index (χ3v) is 1.86. The molecule has 0 aliphatic rings. The van der Waals surface area contributed by atoms with Crippen LogP contribution in [-0.2, 0) is 12.9 Å². The van der Waals surface area contributed by atoms with Crippen molar-refractivity contribution in [3.05, 3.63) is 17.5 Å². The zero-order valence-corrected chi connectivity index (χ0v) is 9.19. The van der Waals surface area contributed by atoms with E-state index in [1.165, 1.54) is 0 Å². The lowest BCUT2D eigenvalue weighted by Crippen LogP contribution is -2.20. The average Bonchev–Trinajstić information content (AvgIpc) is 2.25. The number of aromatic nitrogens is 1. The Morgan fingerprint density at radius 3 is 2.11 bits per heavy atom. The lowest BCUT2D eigenvalue weighted by Gasteiger charge is -2.16. The molecule has 0 aliphatic heterocycles. The van der Waals surface area contributed by atoms with Gasteiger partial charge in [-0.2, -0.15) is 13.2 Å². The molecule has 0 N–H and O–H groups in total. The fourth-order valence-corrected chi connectivity index (χ4v) is 1.17. The molecule has 1 aromatic rings. The van der Waals surface area contributed by atoms with Crippen molar-refractivity contribution in [2.75, 3.05) is 7.11 Å². The zero-order chi connectivity index (χ0) is 14.8. The SMILES string of the molecule is COc1cc(C(F)(F)F)nc(CF)c1OC(F)(F)F. The monoisotopic (exact) mass is 293 g/mol. The van der Waals surface area contributed by atoms with E-state index >= 15 is 0 Å². The lowest BCUT2D eigenvalue weighted by atomic mass is 10.2. The Morgan fingerprint density at radius 2 is 1.74 bits per heavy atom. The van der Waals surface area contributed by atoms with E-state index < -0.39 is 42.1 Å². The minimum Gasteiger partial charge on any atom is -0.493 e. The Hall–Kier alpha value is -1.74. The molecular weight excluding hydrogens is 287 g/mol. The molecule has 0 unspecified atom stereocenters. The van der Waals surface area contributed by atoms with E-state index in [1.807, 2.05) is 0 Å². The van der Waals surface area contributed by atoms with E-state index in [0.717, 1.165) is 7.11 Å². The van der Waals surface area contributed by atoms with Gasteiger partial charge in [-0.15, -0.1) is 13.2 Å². The predicted octanol–water partition coefficient (Wildman–Crippen LogP) is 3.48. The first kappa shape index (κ1) is 15.3. The maximum Gasteiger partial charge on any atom is 0.573 e. The standard InChI is InChI=1S/C9H6F7NO2/c1-18-5-2-6(8(11,12)13)17-4(3-10)7(5)19-9(14,15)16/h2H,3H2,1H3. The minimum absolute atomic E-state index is 0.195. The van der Waals surface area contributed by atoms with Gasteiger partial charge >= 0.3 is 12.5 Å². The summed E-state index contributed by atoms with van der Waals surface area (Å²) in [5.41, 5.74) is -2.73. The summed E-state index contributed by atoms with van der Waals surface area (Å²) in [6.45, 7) is -1.67. The first-order chi connectivity index (χ1) is 8.58. The van der Waals surface area contributed by atoms with Crippen LogP contribution >= 0.6 is 0 Å². The summed E-state index contributed by atoms with van der Waals surface area (Å²) < 4.78 is 93.6. The largest absolute Gasteiger partial charge is 0.573 e. The molecule has 0 bridgehead atoms. The number of methoxy groups -OCH3 is 1. The Bertz CT molecular complexity index is 430. The Labute approximate surface area is 101 Å². The van der Waals surface area contributed by atoms with E-state index in [0.29, 0.717) is 0 Å². The van der Waals surface area contributed by atoms with E-state index in [9.17, 15) is 30.7 Å². The second kappa shape index (κ2) is 5.10. The summed E-state index contributed by atoms with van der Waals surface area (Å²) in [4.78, 5) is 2.75. The maximum absolute atomic E-state index is 12.5. The van der Waals surface area contributed by atoms with Gasteiger partial charge in [0.2, 0.25) is 0 Å². The zero-order valence-electron chi connectivity index (χ0n) is 9.19. The number of hydrogen-bond acceptors (Lipinski definition) is 3. The van der Waals surface area contributed by atoms with Crippen LogP contribution in [0.1, 0.15) is 11.4 Å². The molecule has 108 valence electrons. The summed E-state index contributed by atoms with van der Waals surface area (Å²) in [6, 6.07) is 0.195. The molecular formula is C9H6F7NO2. The molecule has 0 spiro atoms. The van der Waals surface area contributed by atoms with Crippen LogP contribution in [0, 0.1) is 0 Å². The summed E-state index contributed by atoms with van der Waals surface area (Å²) >= 11 is 0. The highest BCUT2D eigenvalue weighted by molar-refractivity contribution is 5.45. The van der Waals surface area contributed by atoms with Crippen molar-refractivity contribution in [2.45, 2.75) is 19.2 Å². The predicted molar refractivity (Wildman–Crippen MR) is 47.3 cm³/mol. The van der Waals surface area contributed by atoms with Crippen LogP contribution in [0.3, 0.4) is 0 Å². The summed E-state index contributed by atoms with van der Waals surface area (Å²) in [5, 5.41) is 0. The van der Waals surface area contributed by atoms with Crippen LogP contribution in [0.25, 0.3) is 0 Å². The smallest absolute Gasteiger partial charge is 0.493 e. The van der Waals surface area contributed by atoms with Gasteiger partial charge in [-0.1, -0.05) is 0 Å². The van der Waals surface area contributed by atoms with Crippen LogP contribution in [0.4, 0.5) is 30.7 Å². The molecule has 1 rings (SSSR count). The highest BCUT2D eigenvalue weighted by Crippen LogP contribution is 2.39. The first-order valence-corrected chi connectivity index (χ1v) is 4.55. The van der Waals surface area contributed by atoms with Crippen molar-refractivity contribution in [3.63, 3.8) is 0 Å². The number of ether oxygens (including phenoxy) is 2. The summed E-state index contributed by atoms with van der Waals surface area (Å²) in [6.07, 6.45) is -10.2. The normalized spacial score (nSPS) is 12.4. The van der Waals surface area contributed by atoms with Crippen molar-refractivity contribution in [1.29, 1.82) is 0 Å². The third kappa shape index (κ3) is 3.86. The second-order valence-corrected chi connectivity index (χ2v) is 3.16. The highest BCUT2D eigenvalue weighted by Gasteiger charge is 2.38. The van der Waals surface area contributed by atoms with Gasteiger partial charge in [-0.05, 0) is 0 Å². The third-order valence-electron chi connectivity index (χ3n) is 1.86. The molecule has 19 heavy (non-hydrogen) atoms. The van der Waals surface area contributed by atoms with E-state index in [4.69, 9.17) is 0 Å². The van der Waals surface area contributed by atoms with Crippen molar-refractivity contribution in [2.24, 2.45) is 0 Å². The Kier molecular flexibility index (Phi) is 4.11. The maximum atomic E-state index is 12.5. The number of alkyl halides is 7. The van der Waals surface area contributed by atoms with Crippen LogP contribution in [0.5, 0.6) is 11.5 Å². The lowest BCUT2D eigenvalue weighted by molar-refractivity contribution is -0.275. The average molecular weight is 293 g/mol. The summed E-state index contributed by atoms with van der Waals surface area (Å²) in [7, 11) is 0.820. The molecule has 0 aromatic carbocycles. The van der Waals surface area contributed by atoms with E-state index in [2.05, 4.69) is 14.5 Å². The van der Waals surface area contributed by atoms with Crippen LogP contribution < -0.4 is 9.47 Å². The molecule has 3 nitrogen and oxygen atoms in total. The van der Waals surface area contributed by atoms with Crippen LogP contribution in [0.2, 0.25) is 0 Å². The molecule has 10 heteroatoms. The van der Waals surface area contributed by atoms with Gasteiger partial charge in [0, 0.05) is 6.07 Å². The number of rotatable bonds is 3. The second-order valence-electron chi connectivity index (χ2n) is 3.16. The van der Waals surface area contributed by atoms with Crippen LogP contribution in [0.15, 0.2) is 6.07 Å². The number of halogens is 7. The van der Waals surface area contributed by atoms with Gasteiger partial charge in [0.05, 0.1) is 7.11 Å². The molecule has 0 aliphatic carbocycles. The number of hydrogen-bond donors (Lipinski definition) is 0. The molecule has 0 fully saturated rings. The number of nitrogens with zero attached hydrogens (tertiary/aromatic N) is 1. The van der Waals surface area contributed by atoms with Gasteiger partial charge in [-0.3, -0.25) is 0 Å². The van der Waals surface area contributed by atoms with Crippen LogP contribution in [-0.4, -0.2) is 18.5 Å². The van der Waals surface area contributed by atoms with Gasteiger partial charge in [0.1, 0.15) is 18.1 Å². The summed E-state index contributed by atoms with van der Waals surface area (Å²) in [5.74, 6) is -2.14. The Morgan fingerprint density at radius 1 is 1.16 bits per heavy atom. The number of pyridine rings is 1. The fraction of sp³-hybridized carbons (Fsp3) is 0.444. The van der Waals surface area contributed by atoms with Crippen molar-refractivity contribution in [1.82, 2.24) is 4.98 Å². The molecule has 0 saturated carbocycles. The molecule has 0 radical (unpaired) electrons. The van der Waals surface area contributed by atoms with Gasteiger partial charge in [0.15, 0.2) is 11.5 Å². The molecule has 0 amide bonds. The molecule has 1 heterocycles. The Balaban J connectivity index is 3.38. The van der Waals surface area contributed by atoms with Crippen molar-refractivity contribution < 1.29 is 40.2 Å². The van der Waals surface area contributed by atoms with Gasteiger partial charge in [-0.25, -0.2) is 9.37 Å². The van der Waals surface area contributed by atoms with Gasteiger partial charge in [0.25, 0.3) is 0 Å². The molecule has 0 saturated heterocycles. The highest BCUT2D eigenvalue weighted by atomic mass is 19.4. The van der Waals surface area contributed by atoms with Crippen molar-refractivity contribution in [3.8, 4) is 11.5 Å². The van der Waals surface area contributed by atoms with Crippen molar-refractivity contribution >= 4 is 0 Å². The quantitative estimate of drug-likeness (QED) is 0.800. The molecule has 0 atom stereocenters. The molecule has 1 aromatic heterocycles. The topological polar surface area (TPSA) is 31.4 Å².